The molecule has 0 aliphatic rings. The molecule has 16 heavy (non-hydrogen) atoms. The van der Waals surface area contributed by atoms with Crippen LogP contribution in [0.15, 0.2) is 0 Å². The lowest BCUT2D eigenvalue weighted by molar-refractivity contribution is -0.133. The molecular weight excluding hydrogens is 244 g/mol. The highest BCUT2D eigenvalue weighted by Gasteiger charge is 2.20. The highest BCUT2D eigenvalue weighted by atomic mass is 32.1. The normalized spacial score (nSPS) is 12.0. The molecule has 1 unspecified atom stereocenters. The first-order valence-corrected chi connectivity index (χ1v) is 6.51. The Balaban J connectivity index is 4.02. The third kappa shape index (κ3) is 6.27. The Kier molecular flexibility index (Phi) is 8.56. The fourth-order valence-corrected chi connectivity index (χ4v) is 1.63. The van der Waals surface area contributed by atoms with E-state index < -0.39 is 6.04 Å². The number of nitrogens with one attached hydrogen (secondary N) is 1. The Hall–Kier alpha value is -0.360. The lowest BCUT2D eigenvalue weighted by Gasteiger charge is -2.19. The molecule has 4 nitrogen and oxygen atoms in total. The van der Waals surface area contributed by atoms with Crippen LogP contribution >= 0.6 is 25.3 Å². The summed E-state index contributed by atoms with van der Waals surface area (Å²) < 4.78 is 0. The number of hydrogen-bond donors (Lipinski definition) is 3. The van der Waals surface area contributed by atoms with Crippen LogP contribution in [0.3, 0.4) is 0 Å². The topological polar surface area (TPSA) is 49.4 Å². The molecule has 1 N–H and O–H groups in total. The van der Waals surface area contributed by atoms with Gasteiger partial charge in [-0.1, -0.05) is 0 Å². The maximum absolute atomic E-state index is 11.6. The highest BCUT2D eigenvalue weighted by Crippen LogP contribution is 1.99. The van der Waals surface area contributed by atoms with Gasteiger partial charge in [-0.3, -0.25) is 9.59 Å². The first kappa shape index (κ1) is 15.6. The van der Waals surface area contributed by atoms with E-state index in [1.807, 2.05) is 0 Å². The summed E-state index contributed by atoms with van der Waals surface area (Å²) in [5.74, 6) is 0.864. The molecule has 0 saturated carbocycles. The SMILES string of the molecule is CN(C)C(=O)C(CS)NC(=O)CCCCS. The molecule has 0 aliphatic carbocycles. The van der Waals surface area contributed by atoms with Gasteiger partial charge in [0.15, 0.2) is 0 Å². The average molecular weight is 264 g/mol. The van der Waals surface area contributed by atoms with Gasteiger partial charge in [-0.15, -0.1) is 0 Å². The lowest BCUT2D eigenvalue weighted by atomic mass is 10.2. The van der Waals surface area contributed by atoms with Gasteiger partial charge in [0, 0.05) is 26.3 Å². The van der Waals surface area contributed by atoms with Gasteiger partial charge in [0.2, 0.25) is 11.8 Å². The van der Waals surface area contributed by atoms with Crippen LogP contribution in [0.5, 0.6) is 0 Å². The summed E-state index contributed by atoms with van der Waals surface area (Å²) >= 11 is 8.13. The van der Waals surface area contributed by atoms with Crippen LogP contribution in [-0.2, 0) is 9.59 Å². The summed E-state index contributed by atoms with van der Waals surface area (Å²) in [5, 5.41) is 2.68. The van der Waals surface area contributed by atoms with Crippen LogP contribution in [0.4, 0.5) is 0 Å². The zero-order valence-corrected chi connectivity index (χ0v) is 11.6. The maximum Gasteiger partial charge on any atom is 0.245 e. The molecule has 1 atom stereocenters. The van der Waals surface area contributed by atoms with Gasteiger partial charge in [-0.2, -0.15) is 25.3 Å². The molecule has 0 aromatic carbocycles. The second-order valence-corrected chi connectivity index (χ2v) is 4.53. The third-order valence-corrected chi connectivity index (χ3v) is 2.75. The Bertz CT molecular complexity index is 235. The molecule has 94 valence electrons. The highest BCUT2D eigenvalue weighted by molar-refractivity contribution is 7.80. The minimum absolute atomic E-state index is 0.101. The van der Waals surface area contributed by atoms with Gasteiger partial charge in [-0.05, 0) is 18.6 Å². The predicted octanol–water partition coefficient (Wildman–Crippen LogP) is 0.589. The van der Waals surface area contributed by atoms with Crippen LogP contribution < -0.4 is 5.32 Å². The smallest absolute Gasteiger partial charge is 0.245 e. The lowest BCUT2D eigenvalue weighted by Crippen LogP contribution is -2.47. The summed E-state index contributed by atoms with van der Waals surface area (Å²) in [6.45, 7) is 0. The van der Waals surface area contributed by atoms with Crippen molar-refractivity contribution in [3.05, 3.63) is 0 Å². The average Bonchev–Trinajstić information content (AvgIpc) is 2.25. The molecule has 0 heterocycles. The number of likely N-dealkylation sites (N-methyl/N-ethyl adjacent to an activating group) is 1. The van der Waals surface area contributed by atoms with Crippen molar-refractivity contribution in [3.63, 3.8) is 0 Å². The van der Waals surface area contributed by atoms with E-state index in [1.165, 1.54) is 4.90 Å². The molecule has 0 bridgehead atoms. The first-order valence-electron chi connectivity index (χ1n) is 5.25. The van der Waals surface area contributed by atoms with Crippen molar-refractivity contribution in [2.75, 3.05) is 25.6 Å². The third-order valence-electron chi connectivity index (χ3n) is 2.07. The standard InChI is InChI=1S/C10H20N2O2S2/c1-12(2)10(14)8(7-16)11-9(13)5-3-4-6-15/h8,15-16H,3-7H2,1-2H3,(H,11,13). The van der Waals surface area contributed by atoms with E-state index in [2.05, 4.69) is 30.6 Å². The molecule has 0 saturated heterocycles. The van der Waals surface area contributed by atoms with Crippen molar-refractivity contribution in [1.29, 1.82) is 0 Å². The molecule has 6 heteroatoms. The van der Waals surface area contributed by atoms with E-state index in [4.69, 9.17) is 0 Å². The van der Waals surface area contributed by atoms with Gasteiger partial charge in [-0.25, -0.2) is 0 Å². The molecule has 0 fully saturated rings. The summed E-state index contributed by atoms with van der Waals surface area (Å²) in [6.07, 6.45) is 2.14. The van der Waals surface area contributed by atoms with Crippen LogP contribution in [0.2, 0.25) is 0 Å². The predicted molar refractivity (Wildman–Crippen MR) is 72.2 cm³/mol. The minimum atomic E-state index is -0.526. The van der Waals surface area contributed by atoms with Crippen LogP contribution in [0, 0.1) is 0 Å². The zero-order chi connectivity index (χ0) is 12.6. The van der Waals surface area contributed by atoms with E-state index in [1.54, 1.807) is 14.1 Å². The van der Waals surface area contributed by atoms with Gasteiger partial charge >= 0.3 is 0 Å². The van der Waals surface area contributed by atoms with E-state index >= 15 is 0 Å². The largest absolute Gasteiger partial charge is 0.347 e. The molecule has 0 aromatic rings. The van der Waals surface area contributed by atoms with Gasteiger partial charge in [0.1, 0.15) is 6.04 Å². The van der Waals surface area contributed by atoms with Crippen molar-refractivity contribution in [2.24, 2.45) is 0 Å². The van der Waals surface area contributed by atoms with E-state index in [0.717, 1.165) is 18.6 Å². The van der Waals surface area contributed by atoms with Gasteiger partial charge in [0.05, 0.1) is 0 Å². The Morgan fingerprint density at radius 1 is 1.25 bits per heavy atom. The van der Waals surface area contributed by atoms with Crippen molar-refractivity contribution in [1.82, 2.24) is 10.2 Å². The first-order chi connectivity index (χ1) is 7.52. The summed E-state index contributed by atoms with van der Waals surface area (Å²) in [6, 6.07) is -0.526. The number of nitrogens with zero attached hydrogens (tertiary/aromatic N) is 1. The molecule has 0 spiro atoms. The molecule has 0 aromatic heterocycles. The molecule has 0 radical (unpaired) electrons. The zero-order valence-electron chi connectivity index (χ0n) is 9.77. The monoisotopic (exact) mass is 264 g/mol. The molecule has 0 rings (SSSR count). The number of unbranched alkanes of at least 4 members (excludes halogenated alkanes) is 1. The fraction of sp³-hybridized carbons (Fsp3) is 0.800. The quantitative estimate of drug-likeness (QED) is 0.466. The number of hydrogen-bond acceptors (Lipinski definition) is 4. The van der Waals surface area contributed by atoms with Crippen molar-refractivity contribution < 1.29 is 9.59 Å². The summed E-state index contributed by atoms with van der Waals surface area (Å²) in [5.41, 5.74) is 0. The van der Waals surface area contributed by atoms with Crippen molar-refractivity contribution >= 4 is 37.1 Å². The Morgan fingerprint density at radius 3 is 2.31 bits per heavy atom. The number of thiol groups is 2. The van der Waals surface area contributed by atoms with E-state index in [9.17, 15) is 9.59 Å². The van der Waals surface area contributed by atoms with Crippen LogP contribution in [0.25, 0.3) is 0 Å². The summed E-state index contributed by atoms with van der Waals surface area (Å²) in [4.78, 5) is 24.5. The molecule has 0 aliphatic heterocycles. The number of carbonyl (C=O) groups is 2. The van der Waals surface area contributed by atoms with Crippen LogP contribution in [-0.4, -0.2) is 48.4 Å². The maximum atomic E-state index is 11.6. The summed E-state index contributed by atoms with van der Waals surface area (Å²) in [7, 11) is 3.32. The van der Waals surface area contributed by atoms with E-state index in [-0.39, 0.29) is 11.8 Å². The second kappa shape index (κ2) is 8.75. The molecular formula is C10H20N2O2S2. The second-order valence-electron chi connectivity index (χ2n) is 3.72. The van der Waals surface area contributed by atoms with Gasteiger partial charge < -0.3 is 10.2 Å². The Labute approximate surface area is 108 Å². The fourth-order valence-electron chi connectivity index (χ4n) is 1.16. The molecule has 2 amide bonds. The number of carbonyl (C=O) groups excluding carboxylic acids is 2. The minimum Gasteiger partial charge on any atom is -0.347 e. The Morgan fingerprint density at radius 2 is 1.88 bits per heavy atom. The number of amides is 2. The van der Waals surface area contributed by atoms with Crippen molar-refractivity contribution in [3.8, 4) is 0 Å². The van der Waals surface area contributed by atoms with E-state index in [0.29, 0.717) is 12.2 Å². The van der Waals surface area contributed by atoms with Crippen molar-refractivity contribution in [2.45, 2.75) is 25.3 Å². The van der Waals surface area contributed by atoms with Gasteiger partial charge in [0.25, 0.3) is 0 Å². The number of rotatable bonds is 7. The van der Waals surface area contributed by atoms with Crippen LogP contribution in [0.1, 0.15) is 19.3 Å².